The van der Waals surface area contributed by atoms with Crippen LogP contribution >= 0.6 is 0 Å². The van der Waals surface area contributed by atoms with Crippen LogP contribution in [0.4, 0.5) is 5.82 Å². The maximum atomic E-state index is 12.2. The van der Waals surface area contributed by atoms with Gasteiger partial charge < -0.3 is 16.0 Å². The van der Waals surface area contributed by atoms with E-state index in [0.29, 0.717) is 12.2 Å². The number of amides is 1. The Morgan fingerprint density at radius 1 is 1.00 bits per heavy atom. The lowest BCUT2D eigenvalue weighted by Crippen LogP contribution is -2.36. The SMILES string of the molecule is O=C(Cc1ccccc1)Nc1cccc(C2=C3C=CNC3NC=C2)n1. The Labute approximate surface area is 146 Å². The molecule has 1 aromatic carbocycles. The molecule has 0 bridgehead atoms. The fraction of sp³-hybridized carbons (Fsp3) is 0.100. The standard InChI is InChI=1S/C20H18N4O/c25-19(13-14-5-2-1-3-6-14)24-18-8-4-7-17(23-18)15-9-11-21-20-16(15)10-12-22-20/h1-12,20-22H,13H2,(H,23,24,25). The largest absolute Gasteiger partial charge is 0.368 e. The number of carbonyl (C=O) groups excluding carboxylic acids is 1. The summed E-state index contributed by atoms with van der Waals surface area (Å²) in [4.78, 5) is 16.9. The minimum absolute atomic E-state index is 0.0744. The normalized spacial score (nSPS) is 17.7. The number of allylic oxidation sites excluding steroid dienone is 2. The summed E-state index contributed by atoms with van der Waals surface area (Å²) in [6, 6.07) is 15.3. The van der Waals surface area contributed by atoms with E-state index in [1.165, 1.54) is 0 Å². The Morgan fingerprint density at radius 3 is 2.64 bits per heavy atom. The van der Waals surface area contributed by atoms with Gasteiger partial charge in [-0.2, -0.15) is 0 Å². The predicted octanol–water partition coefficient (Wildman–Crippen LogP) is 2.58. The van der Waals surface area contributed by atoms with Gasteiger partial charge in [0.2, 0.25) is 5.91 Å². The van der Waals surface area contributed by atoms with Crippen LogP contribution in [0.25, 0.3) is 5.57 Å². The van der Waals surface area contributed by atoms with E-state index in [0.717, 1.165) is 22.4 Å². The number of aromatic nitrogens is 1. The number of dihydropyridines is 1. The fourth-order valence-electron chi connectivity index (χ4n) is 2.98. The zero-order valence-electron chi connectivity index (χ0n) is 13.6. The first-order chi connectivity index (χ1) is 12.3. The van der Waals surface area contributed by atoms with E-state index in [1.54, 1.807) is 0 Å². The Bertz CT molecular complexity index is 884. The maximum Gasteiger partial charge on any atom is 0.229 e. The van der Waals surface area contributed by atoms with Crippen molar-refractivity contribution in [1.82, 2.24) is 15.6 Å². The number of carbonyl (C=O) groups is 1. The number of pyridine rings is 1. The van der Waals surface area contributed by atoms with Gasteiger partial charge >= 0.3 is 0 Å². The number of hydrogen-bond acceptors (Lipinski definition) is 4. The smallest absolute Gasteiger partial charge is 0.229 e. The lowest BCUT2D eigenvalue weighted by Gasteiger charge is -2.20. The molecule has 0 radical (unpaired) electrons. The third-order valence-corrected chi connectivity index (χ3v) is 4.16. The molecule has 0 spiro atoms. The number of anilines is 1. The number of nitrogens with zero attached hydrogens (tertiary/aromatic N) is 1. The van der Waals surface area contributed by atoms with Gasteiger partial charge in [-0.1, -0.05) is 36.4 Å². The summed E-state index contributed by atoms with van der Waals surface area (Å²) in [7, 11) is 0. The van der Waals surface area contributed by atoms with Crippen LogP contribution in [0, 0.1) is 0 Å². The number of benzene rings is 1. The first kappa shape index (κ1) is 15.2. The highest BCUT2D eigenvalue weighted by Crippen LogP contribution is 2.27. The van der Waals surface area contributed by atoms with Gasteiger partial charge in [0.05, 0.1) is 12.1 Å². The van der Waals surface area contributed by atoms with Gasteiger partial charge in [0, 0.05) is 11.1 Å². The number of hydrogen-bond donors (Lipinski definition) is 3. The van der Waals surface area contributed by atoms with Crippen molar-refractivity contribution in [2.24, 2.45) is 0 Å². The van der Waals surface area contributed by atoms with E-state index < -0.39 is 0 Å². The van der Waals surface area contributed by atoms with E-state index in [2.05, 4.69) is 20.9 Å². The monoisotopic (exact) mass is 330 g/mol. The van der Waals surface area contributed by atoms with Gasteiger partial charge in [-0.25, -0.2) is 4.98 Å². The number of rotatable bonds is 4. The van der Waals surface area contributed by atoms with Crippen molar-refractivity contribution < 1.29 is 4.79 Å². The van der Waals surface area contributed by atoms with Crippen LogP contribution in [-0.2, 0) is 11.2 Å². The lowest BCUT2D eigenvalue weighted by molar-refractivity contribution is -0.115. The van der Waals surface area contributed by atoms with E-state index in [-0.39, 0.29) is 12.1 Å². The second-order valence-electron chi connectivity index (χ2n) is 5.92. The molecular formula is C20H18N4O. The molecule has 4 rings (SSSR count). The van der Waals surface area contributed by atoms with Crippen molar-refractivity contribution in [2.75, 3.05) is 5.32 Å². The third-order valence-electron chi connectivity index (χ3n) is 4.16. The van der Waals surface area contributed by atoms with Crippen LogP contribution in [0.2, 0.25) is 0 Å². The third kappa shape index (κ3) is 3.30. The van der Waals surface area contributed by atoms with E-state index >= 15 is 0 Å². The highest BCUT2D eigenvalue weighted by atomic mass is 16.1. The van der Waals surface area contributed by atoms with Crippen LogP contribution in [0.15, 0.2) is 78.7 Å². The number of nitrogens with one attached hydrogen (secondary N) is 3. The summed E-state index contributed by atoms with van der Waals surface area (Å²) in [5, 5.41) is 9.36. The molecule has 3 N–H and O–H groups in total. The molecule has 0 saturated carbocycles. The molecule has 5 nitrogen and oxygen atoms in total. The van der Waals surface area contributed by atoms with Gasteiger partial charge in [0.15, 0.2) is 0 Å². The summed E-state index contributed by atoms with van der Waals surface area (Å²) in [5.74, 6) is 0.486. The Balaban J connectivity index is 1.53. The second kappa shape index (κ2) is 6.65. The molecule has 2 aliphatic rings. The van der Waals surface area contributed by atoms with Crippen LogP contribution < -0.4 is 16.0 Å². The average molecular weight is 330 g/mol. The molecule has 5 heteroatoms. The van der Waals surface area contributed by atoms with Gasteiger partial charge in [0.1, 0.15) is 12.0 Å². The van der Waals surface area contributed by atoms with Crippen LogP contribution in [0.3, 0.4) is 0 Å². The molecular weight excluding hydrogens is 312 g/mol. The summed E-state index contributed by atoms with van der Waals surface area (Å²) in [6.45, 7) is 0. The first-order valence-electron chi connectivity index (χ1n) is 8.20. The van der Waals surface area contributed by atoms with E-state index in [1.807, 2.05) is 73.1 Å². The molecule has 2 aromatic rings. The summed E-state index contributed by atoms with van der Waals surface area (Å²) < 4.78 is 0. The molecule has 25 heavy (non-hydrogen) atoms. The molecule has 1 amide bonds. The average Bonchev–Trinajstić information content (AvgIpc) is 3.11. The van der Waals surface area contributed by atoms with Gasteiger partial charge in [-0.3, -0.25) is 4.79 Å². The molecule has 0 fully saturated rings. The minimum Gasteiger partial charge on any atom is -0.368 e. The quantitative estimate of drug-likeness (QED) is 0.806. The summed E-state index contributed by atoms with van der Waals surface area (Å²) in [6.07, 6.45) is 8.29. The topological polar surface area (TPSA) is 66.1 Å². The fourth-order valence-corrected chi connectivity index (χ4v) is 2.98. The molecule has 124 valence electrons. The van der Waals surface area contributed by atoms with Crippen molar-refractivity contribution in [3.8, 4) is 0 Å². The van der Waals surface area contributed by atoms with E-state index in [9.17, 15) is 4.79 Å². The summed E-state index contributed by atoms with van der Waals surface area (Å²) in [5.41, 5.74) is 4.00. The van der Waals surface area contributed by atoms with Crippen molar-refractivity contribution in [3.63, 3.8) is 0 Å². The van der Waals surface area contributed by atoms with Crippen LogP contribution in [0.5, 0.6) is 0 Å². The minimum atomic E-state index is -0.0744. The molecule has 0 saturated heterocycles. The summed E-state index contributed by atoms with van der Waals surface area (Å²) >= 11 is 0. The van der Waals surface area contributed by atoms with Crippen LogP contribution in [0.1, 0.15) is 11.3 Å². The zero-order chi connectivity index (χ0) is 17.1. The van der Waals surface area contributed by atoms with Crippen molar-refractivity contribution in [2.45, 2.75) is 12.6 Å². The van der Waals surface area contributed by atoms with Crippen molar-refractivity contribution in [1.29, 1.82) is 0 Å². The predicted molar refractivity (Wildman–Crippen MR) is 98.3 cm³/mol. The molecule has 3 heterocycles. The van der Waals surface area contributed by atoms with E-state index in [4.69, 9.17) is 0 Å². The Hall–Kier alpha value is -3.34. The molecule has 1 aromatic heterocycles. The lowest BCUT2D eigenvalue weighted by atomic mass is 10.0. The Morgan fingerprint density at radius 2 is 1.80 bits per heavy atom. The van der Waals surface area contributed by atoms with Gasteiger partial charge in [0.25, 0.3) is 0 Å². The van der Waals surface area contributed by atoms with Crippen molar-refractivity contribution in [3.05, 3.63) is 89.9 Å². The van der Waals surface area contributed by atoms with Gasteiger partial charge in [-0.05, 0) is 42.2 Å². The highest BCUT2D eigenvalue weighted by Gasteiger charge is 2.21. The van der Waals surface area contributed by atoms with Crippen LogP contribution in [-0.4, -0.2) is 17.1 Å². The first-order valence-corrected chi connectivity index (χ1v) is 8.20. The zero-order valence-corrected chi connectivity index (χ0v) is 13.6. The highest BCUT2D eigenvalue weighted by molar-refractivity contribution is 5.91. The molecule has 1 atom stereocenters. The maximum absolute atomic E-state index is 12.2. The molecule has 2 aliphatic heterocycles. The number of fused-ring (bicyclic) bond motifs is 1. The molecule has 1 unspecified atom stereocenters. The van der Waals surface area contributed by atoms with Gasteiger partial charge in [-0.15, -0.1) is 0 Å². The molecule has 0 aliphatic carbocycles. The van der Waals surface area contributed by atoms with Crippen molar-refractivity contribution >= 4 is 17.3 Å². The second-order valence-corrected chi connectivity index (χ2v) is 5.92. The Kier molecular flexibility index (Phi) is 4.04.